The van der Waals surface area contributed by atoms with Gasteiger partial charge >= 0.3 is 5.97 Å². The maximum Gasteiger partial charge on any atom is 0.338 e. The Kier molecular flexibility index (Phi) is 8.83. The van der Waals surface area contributed by atoms with E-state index in [0.717, 1.165) is 12.1 Å². The summed E-state index contributed by atoms with van der Waals surface area (Å²) in [6.45, 7) is 5.28. The quantitative estimate of drug-likeness (QED) is 0.216. The summed E-state index contributed by atoms with van der Waals surface area (Å²) in [6.07, 6.45) is -1.64. The summed E-state index contributed by atoms with van der Waals surface area (Å²) in [5, 5.41) is 2.50. The molecule has 0 spiro atoms. The van der Waals surface area contributed by atoms with Crippen molar-refractivity contribution in [2.24, 2.45) is 5.92 Å². The van der Waals surface area contributed by atoms with Gasteiger partial charge in [-0.15, -0.1) is 0 Å². The van der Waals surface area contributed by atoms with Crippen molar-refractivity contribution in [2.75, 3.05) is 5.32 Å². The van der Waals surface area contributed by atoms with Crippen molar-refractivity contribution in [3.8, 4) is 11.1 Å². The molecule has 1 aromatic heterocycles. The molecule has 5 nitrogen and oxygen atoms in total. The van der Waals surface area contributed by atoms with Crippen LogP contribution in [0.2, 0.25) is 5.02 Å². The molecule has 212 valence electrons. The van der Waals surface area contributed by atoms with Crippen LogP contribution >= 0.6 is 11.6 Å². The largest absolute Gasteiger partial charge is 0.456 e. The van der Waals surface area contributed by atoms with E-state index in [0.29, 0.717) is 36.2 Å². The van der Waals surface area contributed by atoms with Crippen LogP contribution in [0.3, 0.4) is 0 Å². The van der Waals surface area contributed by atoms with E-state index < -0.39 is 47.4 Å². The second-order valence-electron chi connectivity index (χ2n) is 10.9. The molecule has 1 fully saturated rings. The molecule has 0 aliphatic heterocycles. The number of nitrogens with zero attached hydrogens (tertiary/aromatic N) is 1. The molecule has 0 radical (unpaired) electrons. The molecule has 40 heavy (non-hydrogen) atoms. The zero-order chi connectivity index (χ0) is 29.2. The van der Waals surface area contributed by atoms with Gasteiger partial charge in [0.25, 0.3) is 6.43 Å². The second-order valence-corrected chi connectivity index (χ2v) is 11.3. The molecule has 4 rings (SSSR count). The molecule has 0 saturated heterocycles. The lowest BCUT2D eigenvalue weighted by atomic mass is 9.76. The van der Waals surface area contributed by atoms with Crippen molar-refractivity contribution in [1.82, 2.24) is 4.98 Å². The molecule has 1 heterocycles. The molecular weight excluding hydrogens is 548 g/mol. The van der Waals surface area contributed by atoms with Gasteiger partial charge in [-0.2, -0.15) is 0 Å². The number of hydrogen-bond donors (Lipinski definition) is 1. The first-order chi connectivity index (χ1) is 18.8. The van der Waals surface area contributed by atoms with E-state index in [4.69, 9.17) is 16.3 Å². The van der Waals surface area contributed by atoms with Gasteiger partial charge in [-0.3, -0.25) is 9.78 Å². The van der Waals surface area contributed by atoms with Crippen LogP contribution < -0.4 is 5.32 Å². The molecular formula is C30H29ClF4N2O3. The zero-order valence-corrected chi connectivity index (χ0v) is 22.9. The average Bonchev–Trinajstić information content (AvgIpc) is 2.87. The van der Waals surface area contributed by atoms with Crippen LogP contribution in [0, 0.1) is 11.7 Å². The smallest absolute Gasteiger partial charge is 0.338 e. The third kappa shape index (κ3) is 6.99. The maximum absolute atomic E-state index is 14.7. The minimum Gasteiger partial charge on any atom is -0.456 e. The Morgan fingerprint density at radius 3 is 2.30 bits per heavy atom. The van der Waals surface area contributed by atoms with Gasteiger partial charge in [-0.25, -0.2) is 22.4 Å². The van der Waals surface area contributed by atoms with Gasteiger partial charge in [-0.1, -0.05) is 23.7 Å². The first-order valence-corrected chi connectivity index (χ1v) is 13.2. The number of carbonyl (C=O) groups excluding carboxylic acids is 2. The van der Waals surface area contributed by atoms with Crippen molar-refractivity contribution in [3.05, 3.63) is 82.4 Å². The first kappa shape index (κ1) is 29.5. The van der Waals surface area contributed by atoms with Gasteiger partial charge in [0.1, 0.15) is 17.6 Å². The summed E-state index contributed by atoms with van der Waals surface area (Å²) in [5.74, 6) is -2.70. The van der Waals surface area contributed by atoms with Crippen LogP contribution in [0.1, 0.15) is 74.0 Å². The molecule has 0 bridgehead atoms. The third-order valence-electron chi connectivity index (χ3n) is 6.64. The molecule has 1 aliphatic carbocycles. The first-order valence-electron chi connectivity index (χ1n) is 12.8. The Balaban J connectivity index is 1.56. The number of benzene rings is 2. The number of hydrogen-bond acceptors (Lipinski definition) is 4. The number of rotatable bonds is 8. The summed E-state index contributed by atoms with van der Waals surface area (Å²) >= 11 is 5.84. The van der Waals surface area contributed by atoms with Gasteiger partial charge in [-0.05, 0) is 82.3 Å². The van der Waals surface area contributed by atoms with E-state index in [-0.39, 0.29) is 22.1 Å². The fourth-order valence-corrected chi connectivity index (χ4v) is 4.76. The second kappa shape index (κ2) is 12.0. The molecule has 3 aromatic rings. The SMILES string of the molecule is CC(C)(C)OC(=O)c1ccc(NC(=O)C(CC2CC(F)C2)c2ccc(-c3c(C(F)F)ccc(Cl)c3F)cn2)cc1. The lowest BCUT2D eigenvalue weighted by molar-refractivity contribution is -0.118. The molecule has 1 amide bonds. The van der Waals surface area contributed by atoms with Gasteiger partial charge in [0, 0.05) is 28.6 Å². The predicted molar refractivity (Wildman–Crippen MR) is 145 cm³/mol. The maximum atomic E-state index is 14.7. The molecule has 1 saturated carbocycles. The van der Waals surface area contributed by atoms with Crippen LogP contribution in [0.4, 0.5) is 23.2 Å². The standard InChI is InChI=1S/C30H29ClF4N2O3/c1-30(2,3)40-29(39)17-4-7-20(8-5-17)37-28(38)22(14-16-12-19(32)13-16)24-11-6-18(15-36-24)25-21(27(34)35)9-10-23(31)26(25)33/h4-11,15-16,19,22,27H,12-14H2,1-3H3,(H,37,38). The van der Waals surface area contributed by atoms with Gasteiger partial charge < -0.3 is 10.1 Å². The Hall–Kier alpha value is -3.46. The van der Waals surface area contributed by atoms with Crippen LogP contribution in [0.5, 0.6) is 0 Å². The van der Waals surface area contributed by atoms with E-state index in [1.54, 1.807) is 32.9 Å². The van der Waals surface area contributed by atoms with Crippen molar-refractivity contribution >= 4 is 29.2 Å². The number of esters is 1. The zero-order valence-electron chi connectivity index (χ0n) is 22.2. The lowest BCUT2D eigenvalue weighted by Crippen LogP contribution is -2.31. The van der Waals surface area contributed by atoms with Crippen molar-refractivity contribution in [1.29, 1.82) is 0 Å². The molecule has 10 heteroatoms. The van der Waals surface area contributed by atoms with Crippen LogP contribution in [-0.4, -0.2) is 28.6 Å². The Morgan fingerprint density at radius 2 is 1.75 bits per heavy atom. The normalized spacial score (nSPS) is 17.7. The highest BCUT2D eigenvalue weighted by Gasteiger charge is 2.34. The van der Waals surface area contributed by atoms with E-state index in [9.17, 15) is 27.2 Å². The van der Waals surface area contributed by atoms with E-state index >= 15 is 0 Å². The number of nitrogens with one attached hydrogen (secondary N) is 1. The van der Waals surface area contributed by atoms with Crippen LogP contribution in [0.25, 0.3) is 11.1 Å². The molecule has 1 N–H and O–H groups in total. The Bertz CT molecular complexity index is 1370. The number of anilines is 1. The van der Waals surface area contributed by atoms with Crippen molar-refractivity contribution < 1.29 is 31.9 Å². The Morgan fingerprint density at radius 1 is 1.07 bits per heavy atom. The van der Waals surface area contributed by atoms with Crippen LogP contribution in [0.15, 0.2) is 54.7 Å². The highest BCUT2D eigenvalue weighted by atomic mass is 35.5. The topological polar surface area (TPSA) is 68.3 Å². The van der Waals surface area contributed by atoms with Crippen molar-refractivity contribution in [2.45, 2.75) is 64.1 Å². The van der Waals surface area contributed by atoms with E-state index in [1.165, 1.54) is 30.5 Å². The van der Waals surface area contributed by atoms with E-state index in [1.807, 2.05) is 0 Å². The summed E-state index contributed by atoms with van der Waals surface area (Å²) in [4.78, 5) is 30.0. The number of ether oxygens (including phenoxy) is 1. The minimum absolute atomic E-state index is 0.0300. The molecule has 1 atom stereocenters. The Labute approximate surface area is 234 Å². The number of carbonyl (C=O) groups is 2. The monoisotopic (exact) mass is 576 g/mol. The number of pyridine rings is 1. The highest BCUT2D eigenvalue weighted by molar-refractivity contribution is 6.31. The summed E-state index contributed by atoms with van der Waals surface area (Å²) in [6, 6.07) is 11.2. The third-order valence-corrected chi connectivity index (χ3v) is 6.94. The fraction of sp³-hybridized carbons (Fsp3) is 0.367. The van der Waals surface area contributed by atoms with Gasteiger partial charge in [0.05, 0.1) is 22.2 Å². The van der Waals surface area contributed by atoms with E-state index in [2.05, 4.69) is 10.3 Å². The summed E-state index contributed by atoms with van der Waals surface area (Å²) < 4.78 is 60.8. The van der Waals surface area contributed by atoms with Gasteiger partial charge in [0.15, 0.2) is 0 Å². The van der Waals surface area contributed by atoms with Crippen molar-refractivity contribution in [3.63, 3.8) is 0 Å². The average molecular weight is 577 g/mol. The fourth-order valence-electron chi connectivity index (χ4n) is 4.60. The molecule has 1 unspecified atom stereocenters. The summed E-state index contributed by atoms with van der Waals surface area (Å²) in [5.41, 5.74) is -0.367. The minimum atomic E-state index is -2.94. The number of aromatic nitrogens is 1. The number of halogens is 5. The van der Waals surface area contributed by atoms with Crippen LogP contribution in [-0.2, 0) is 9.53 Å². The van der Waals surface area contributed by atoms with Gasteiger partial charge in [0.2, 0.25) is 5.91 Å². The molecule has 2 aromatic carbocycles. The number of amides is 1. The lowest BCUT2D eigenvalue weighted by Gasteiger charge is -2.32. The summed E-state index contributed by atoms with van der Waals surface area (Å²) in [7, 11) is 0. The number of alkyl halides is 3. The predicted octanol–water partition coefficient (Wildman–Crippen LogP) is 8.29. The highest BCUT2D eigenvalue weighted by Crippen LogP contribution is 2.39. The molecule has 1 aliphatic rings.